The maximum atomic E-state index is 12.3. The molecule has 2 aromatic heterocycles. The quantitative estimate of drug-likeness (QED) is 0.175. The summed E-state index contributed by atoms with van der Waals surface area (Å²) in [5.74, 6) is 0.879. The number of pyridine rings is 1. The Kier molecular flexibility index (Phi) is 8.40. The van der Waals surface area contributed by atoms with Crippen LogP contribution in [0.25, 0.3) is 5.69 Å². The molecule has 0 aliphatic carbocycles. The SMILES string of the molecule is COC(=O)c1cccc(-n2c(C)cc([C@H]3[C@H](c4ccccn4)NC(=S)N3c3ccc(N4C[C@H](C)C[C@H](C)C4)c(Cl)c3)c2C)c1. The Morgan fingerprint density at radius 1 is 1.00 bits per heavy atom. The van der Waals surface area contributed by atoms with Gasteiger partial charge in [0.05, 0.1) is 41.2 Å². The molecule has 0 spiro atoms. The van der Waals surface area contributed by atoms with E-state index in [1.807, 2.05) is 48.7 Å². The van der Waals surface area contributed by atoms with Crippen LogP contribution in [0, 0.1) is 25.7 Å². The first kappa shape index (κ1) is 30.2. The summed E-state index contributed by atoms with van der Waals surface area (Å²) in [6, 6.07) is 21.6. The lowest BCUT2D eigenvalue weighted by molar-refractivity contribution is 0.0600. The highest BCUT2D eigenvalue weighted by atomic mass is 35.5. The first-order valence-electron chi connectivity index (χ1n) is 15.1. The molecule has 0 unspecified atom stereocenters. The Morgan fingerprint density at radius 2 is 1.77 bits per heavy atom. The molecule has 6 rings (SSSR count). The van der Waals surface area contributed by atoms with Crippen LogP contribution in [0.5, 0.6) is 0 Å². The lowest BCUT2D eigenvalue weighted by atomic mass is 9.91. The summed E-state index contributed by atoms with van der Waals surface area (Å²) in [5, 5.41) is 4.91. The molecule has 2 aromatic carbocycles. The minimum Gasteiger partial charge on any atom is -0.465 e. The smallest absolute Gasteiger partial charge is 0.337 e. The molecule has 0 radical (unpaired) electrons. The Morgan fingerprint density at radius 3 is 2.45 bits per heavy atom. The Bertz CT molecular complexity index is 1700. The zero-order chi connectivity index (χ0) is 31.1. The largest absolute Gasteiger partial charge is 0.465 e. The number of methoxy groups -OCH3 is 1. The third-order valence-corrected chi connectivity index (χ3v) is 9.45. The van der Waals surface area contributed by atoms with E-state index in [-0.39, 0.29) is 18.1 Å². The van der Waals surface area contributed by atoms with Crippen molar-refractivity contribution in [3.05, 3.63) is 106 Å². The van der Waals surface area contributed by atoms with E-state index in [0.29, 0.717) is 22.5 Å². The van der Waals surface area contributed by atoms with Gasteiger partial charge in [-0.2, -0.15) is 0 Å². The molecule has 2 aliphatic heterocycles. The number of thiocarbonyl (C=S) groups is 1. The fourth-order valence-electron chi connectivity index (χ4n) is 7.08. The van der Waals surface area contributed by atoms with Crippen LogP contribution in [-0.2, 0) is 4.74 Å². The van der Waals surface area contributed by atoms with Gasteiger partial charge < -0.3 is 24.4 Å². The van der Waals surface area contributed by atoms with Gasteiger partial charge in [0, 0.05) is 42.0 Å². The predicted octanol–water partition coefficient (Wildman–Crippen LogP) is 7.59. The number of esters is 1. The zero-order valence-electron chi connectivity index (χ0n) is 25.8. The summed E-state index contributed by atoms with van der Waals surface area (Å²) in [6.45, 7) is 10.8. The average Bonchev–Trinajstić information content (AvgIpc) is 3.51. The van der Waals surface area contributed by atoms with E-state index in [4.69, 9.17) is 33.5 Å². The van der Waals surface area contributed by atoms with Crippen molar-refractivity contribution in [1.29, 1.82) is 0 Å². The maximum absolute atomic E-state index is 12.3. The number of nitrogens with zero attached hydrogens (tertiary/aromatic N) is 4. The van der Waals surface area contributed by atoms with Gasteiger partial charge in [-0.05, 0) is 104 Å². The van der Waals surface area contributed by atoms with Crippen molar-refractivity contribution in [2.45, 2.75) is 46.2 Å². The molecule has 44 heavy (non-hydrogen) atoms. The van der Waals surface area contributed by atoms with E-state index >= 15 is 0 Å². The van der Waals surface area contributed by atoms with Gasteiger partial charge in [-0.3, -0.25) is 4.98 Å². The molecule has 9 heteroatoms. The Hall–Kier alpha value is -3.88. The van der Waals surface area contributed by atoms with Gasteiger partial charge in [0.1, 0.15) is 0 Å². The summed E-state index contributed by atoms with van der Waals surface area (Å²) in [7, 11) is 1.40. The lowest BCUT2D eigenvalue weighted by Crippen LogP contribution is -2.38. The van der Waals surface area contributed by atoms with Crippen LogP contribution in [0.1, 0.15) is 65.4 Å². The fraction of sp³-hybridized carbons (Fsp3) is 0.343. The molecule has 0 saturated carbocycles. The number of carbonyl (C=O) groups excluding carboxylic acids is 1. The summed E-state index contributed by atoms with van der Waals surface area (Å²) in [4.78, 5) is 21.6. The topological polar surface area (TPSA) is 62.6 Å². The standard InChI is InChI=1S/C35H38ClN5O2S/c1-21-15-22(2)20-39(19-21)31-13-12-27(18-29(31)36)41-33(32(38-35(41)44)30-11-6-7-14-37-30)28-16-23(3)40(24(28)4)26-10-8-9-25(17-26)34(42)43-5/h6-14,16-18,21-22,32-33H,15,19-20H2,1-5H3,(H,38,44)/t21-,22+,32-,33-/m0/s1. The Labute approximate surface area is 269 Å². The van der Waals surface area contributed by atoms with Gasteiger partial charge in [0.25, 0.3) is 0 Å². The van der Waals surface area contributed by atoms with Crippen LogP contribution < -0.4 is 15.1 Å². The van der Waals surface area contributed by atoms with Gasteiger partial charge in [0.2, 0.25) is 0 Å². The number of aromatic nitrogens is 2. The normalized spacial score (nSPS) is 21.8. The van der Waals surface area contributed by atoms with Crippen molar-refractivity contribution in [3.63, 3.8) is 0 Å². The van der Waals surface area contributed by atoms with E-state index < -0.39 is 0 Å². The van der Waals surface area contributed by atoms with Crippen molar-refractivity contribution >= 4 is 46.3 Å². The van der Waals surface area contributed by atoms with Crippen LogP contribution in [0.2, 0.25) is 5.02 Å². The van der Waals surface area contributed by atoms with E-state index in [0.717, 1.165) is 57.8 Å². The molecule has 2 saturated heterocycles. The molecular weight excluding hydrogens is 590 g/mol. The second-order valence-electron chi connectivity index (χ2n) is 12.2. The predicted molar refractivity (Wildman–Crippen MR) is 181 cm³/mol. The third-order valence-electron chi connectivity index (χ3n) is 8.83. The van der Waals surface area contributed by atoms with Crippen LogP contribution in [0.3, 0.4) is 0 Å². The van der Waals surface area contributed by atoms with Gasteiger partial charge in [0.15, 0.2) is 5.11 Å². The van der Waals surface area contributed by atoms with E-state index in [1.54, 1.807) is 6.07 Å². The van der Waals surface area contributed by atoms with Crippen LogP contribution >= 0.6 is 23.8 Å². The monoisotopic (exact) mass is 627 g/mol. The summed E-state index contributed by atoms with van der Waals surface area (Å²) < 4.78 is 7.15. The number of ether oxygens (including phenoxy) is 1. The second kappa shape index (κ2) is 12.3. The molecular formula is C35H38ClN5O2S. The first-order chi connectivity index (χ1) is 21.2. The number of nitrogens with one attached hydrogen (secondary N) is 1. The van der Waals surface area contributed by atoms with Crippen molar-refractivity contribution in [1.82, 2.24) is 14.9 Å². The lowest BCUT2D eigenvalue weighted by Gasteiger charge is -2.37. The second-order valence-corrected chi connectivity index (χ2v) is 13.0. The highest BCUT2D eigenvalue weighted by Gasteiger charge is 2.42. The molecule has 2 aliphatic rings. The van der Waals surface area contributed by atoms with Crippen molar-refractivity contribution < 1.29 is 9.53 Å². The average molecular weight is 628 g/mol. The van der Waals surface area contributed by atoms with E-state index in [9.17, 15) is 4.79 Å². The number of benzene rings is 2. The van der Waals surface area contributed by atoms with Crippen LogP contribution in [-0.4, -0.2) is 40.8 Å². The molecule has 2 fully saturated rings. The number of piperidine rings is 1. The van der Waals surface area contributed by atoms with Crippen molar-refractivity contribution in [3.8, 4) is 5.69 Å². The minimum atomic E-state index is -0.366. The van der Waals surface area contributed by atoms with Crippen LogP contribution in [0.4, 0.5) is 11.4 Å². The van der Waals surface area contributed by atoms with E-state index in [1.165, 1.54) is 13.5 Å². The first-order valence-corrected chi connectivity index (χ1v) is 15.9. The number of carbonyl (C=O) groups is 1. The highest BCUT2D eigenvalue weighted by Crippen LogP contribution is 2.45. The number of anilines is 2. The van der Waals surface area contributed by atoms with Crippen molar-refractivity contribution in [2.75, 3.05) is 30.0 Å². The minimum absolute atomic E-state index is 0.193. The van der Waals surface area contributed by atoms with Crippen molar-refractivity contribution in [2.24, 2.45) is 11.8 Å². The number of hydrogen-bond acceptors (Lipinski definition) is 5. The van der Waals surface area contributed by atoms with Gasteiger partial charge in [-0.25, -0.2) is 4.79 Å². The number of hydrogen-bond donors (Lipinski definition) is 1. The zero-order valence-corrected chi connectivity index (χ0v) is 27.3. The summed E-state index contributed by atoms with van der Waals surface area (Å²) in [6.07, 6.45) is 3.05. The van der Waals surface area contributed by atoms with Crippen LogP contribution in [0.15, 0.2) is 72.9 Å². The molecule has 4 atom stereocenters. The molecule has 228 valence electrons. The summed E-state index contributed by atoms with van der Waals surface area (Å²) in [5.41, 5.74) is 7.48. The molecule has 4 heterocycles. The van der Waals surface area contributed by atoms with E-state index in [2.05, 4.69) is 65.6 Å². The third kappa shape index (κ3) is 5.57. The highest BCUT2D eigenvalue weighted by molar-refractivity contribution is 7.80. The molecule has 7 nitrogen and oxygen atoms in total. The molecule has 4 aromatic rings. The maximum Gasteiger partial charge on any atom is 0.337 e. The van der Waals surface area contributed by atoms with Gasteiger partial charge >= 0.3 is 5.97 Å². The molecule has 0 bridgehead atoms. The Balaban J connectivity index is 1.44. The molecule has 1 N–H and O–H groups in total. The van der Waals surface area contributed by atoms with Gasteiger partial charge in [-0.15, -0.1) is 0 Å². The fourth-order valence-corrected chi connectivity index (χ4v) is 7.73. The molecule has 0 amide bonds. The summed E-state index contributed by atoms with van der Waals surface area (Å²) >= 11 is 13.1. The number of aryl methyl sites for hydroxylation is 1. The number of rotatable bonds is 6. The number of halogens is 1. The van der Waals surface area contributed by atoms with Gasteiger partial charge in [-0.1, -0.05) is 37.6 Å².